The second-order valence-corrected chi connectivity index (χ2v) is 5.37. The lowest BCUT2D eigenvalue weighted by Crippen LogP contribution is -2.45. The summed E-state index contributed by atoms with van der Waals surface area (Å²) in [7, 11) is 0. The average Bonchev–Trinajstić information content (AvgIpc) is 3.01. The van der Waals surface area contributed by atoms with Crippen molar-refractivity contribution in [3.05, 3.63) is 53.3 Å². The molecule has 0 radical (unpaired) electrons. The maximum atomic E-state index is 4.04. The van der Waals surface area contributed by atoms with Gasteiger partial charge in [-0.3, -0.25) is 10.00 Å². The van der Waals surface area contributed by atoms with E-state index in [1.54, 1.807) is 0 Å². The summed E-state index contributed by atoms with van der Waals surface area (Å²) in [6, 6.07) is 11.5. The molecule has 106 valence electrons. The van der Waals surface area contributed by atoms with Gasteiger partial charge >= 0.3 is 0 Å². The van der Waals surface area contributed by atoms with E-state index in [0.717, 1.165) is 32.6 Å². The fraction of sp³-hybridized carbons (Fsp3) is 0.438. The van der Waals surface area contributed by atoms with Gasteiger partial charge in [0.05, 0.1) is 0 Å². The van der Waals surface area contributed by atoms with E-state index in [1.807, 2.05) is 6.20 Å². The third kappa shape index (κ3) is 2.92. The highest BCUT2D eigenvalue weighted by atomic mass is 15.2. The van der Waals surface area contributed by atoms with Gasteiger partial charge in [-0.05, 0) is 23.6 Å². The van der Waals surface area contributed by atoms with Crippen molar-refractivity contribution in [2.75, 3.05) is 19.6 Å². The molecular weight excluding hydrogens is 248 g/mol. The molecule has 2 aromatic rings. The number of hydrogen-bond donors (Lipinski definition) is 2. The van der Waals surface area contributed by atoms with Crippen LogP contribution in [-0.2, 0) is 13.0 Å². The molecule has 0 aliphatic carbocycles. The Labute approximate surface area is 120 Å². The Morgan fingerprint density at radius 1 is 1.25 bits per heavy atom. The van der Waals surface area contributed by atoms with Crippen LogP contribution in [0.15, 0.2) is 36.5 Å². The zero-order chi connectivity index (χ0) is 13.8. The minimum atomic E-state index is 0.443. The number of aromatic nitrogens is 2. The van der Waals surface area contributed by atoms with E-state index in [-0.39, 0.29) is 0 Å². The van der Waals surface area contributed by atoms with Gasteiger partial charge in [-0.15, -0.1) is 0 Å². The van der Waals surface area contributed by atoms with Crippen LogP contribution >= 0.6 is 0 Å². The maximum Gasteiger partial charge on any atom is 0.0492 e. The van der Waals surface area contributed by atoms with Crippen molar-refractivity contribution < 1.29 is 0 Å². The van der Waals surface area contributed by atoms with Crippen molar-refractivity contribution in [3.8, 4) is 0 Å². The van der Waals surface area contributed by atoms with Gasteiger partial charge in [0.1, 0.15) is 0 Å². The second kappa shape index (κ2) is 6.20. The molecule has 1 aliphatic heterocycles. The monoisotopic (exact) mass is 270 g/mol. The summed E-state index contributed by atoms with van der Waals surface area (Å²) >= 11 is 0. The van der Waals surface area contributed by atoms with Crippen molar-refractivity contribution in [3.63, 3.8) is 0 Å². The zero-order valence-corrected chi connectivity index (χ0v) is 12.0. The first-order chi connectivity index (χ1) is 9.86. The van der Waals surface area contributed by atoms with E-state index in [0.29, 0.717) is 6.04 Å². The van der Waals surface area contributed by atoms with Crippen LogP contribution in [0.1, 0.15) is 29.8 Å². The van der Waals surface area contributed by atoms with Gasteiger partial charge in [0, 0.05) is 44.1 Å². The number of nitrogens with one attached hydrogen (secondary N) is 2. The lowest BCUT2D eigenvalue weighted by atomic mass is 10.0. The molecule has 3 rings (SSSR count). The average molecular weight is 270 g/mol. The number of nitrogens with zero attached hydrogens (tertiary/aromatic N) is 2. The summed E-state index contributed by atoms with van der Waals surface area (Å²) in [5, 5.41) is 10.6. The van der Waals surface area contributed by atoms with E-state index >= 15 is 0 Å². The number of piperazine rings is 1. The molecule has 4 heteroatoms. The van der Waals surface area contributed by atoms with E-state index in [1.165, 1.54) is 16.8 Å². The van der Waals surface area contributed by atoms with Gasteiger partial charge in [0.25, 0.3) is 0 Å². The number of aryl methyl sites for hydroxylation is 1. The lowest BCUT2D eigenvalue weighted by Gasteiger charge is -2.36. The molecule has 1 unspecified atom stereocenters. The van der Waals surface area contributed by atoms with Crippen LogP contribution in [0.5, 0.6) is 0 Å². The molecule has 2 heterocycles. The number of benzene rings is 1. The Bertz CT molecular complexity index is 518. The highest BCUT2D eigenvalue weighted by Crippen LogP contribution is 2.24. The lowest BCUT2D eigenvalue weighted by molar-refractivity contribution is 0.152. The molecule has 0 spiro atoms. The minimum Gasteiger partial charge on any atom is -0.314 e. The highest BCUT2D eigenvalue weighted by Gasteiger charge is 2.23. The topological polar surface area (TPSA) is 44.0 Å². The molecule has 1 atom stereocenters. The van der Waals surface area contributed by atoms with Gasteiger partial charge in [-0.25, -0.2) is 0 Å². The molecular formula is C16H22N4. The van der Waals surface area contributed by atoms with E-state index in [9.17, 15) is 0 Å². The first-order valence-electron chi connectivity index (χ1n) is 7.38. The standard InChI is InChI=1S/C16H22N4/c1-2-13-3-5-14(6-4-13)16-11-17-9-10-20(16)12-15-7-8-18-19-15/h3-8,16-17H,2,9-12H2,1H3,(H,18,19). The molecule has 0 amide bonds. The van der Waals surface area contributed by atoms with Gasteiger partial charge in [-0.2, -0.15) is 5.10 Å². The molecule has 1 aromatic heterocycles. The highest BCUT2D eigenvalue weighted by molar-refractivity contribution is 5.26. The number of aromatic amines is 1. The smallest absolute Gasteiger partial charge is 0.0492 e. The van der Waals surface area contributed by atoms with Crippen LogP contribution < -0.4 is 5.32 Å². The van der Waals surface area contributed by atoms with Crippen LogP contribution in [0.4, 0.5) is 0 Å². The van der Waals surface area contributed by atoms with Crippen molar-refractivity contribution >= 4 is 0 Å². The summed E-state index contributed by atoms with van der Waals surface area (Å²) < 4.78 is 0. The van der Waals surface area contributed by atoms with Crippen molar-refractivity contribution in [1.29, 1.82) is 0 Å². The van der Waals surface area contributed by atoms with E-state index in [4.69, 9.17) is 0 Å². The van der Waals surface area contributed by atoms with Crippen LogP contribution in [0.25, 0.3) is 0 Å². The molecule has 0 saturated carbocycles. The fourth-order valence-corrected chi connectivity index (χ4v) is 2.83. The third-order valence-corrected chi connectivity index (χ3v) is 4.06. The van der Waals surface area contributed by atoms with Crippen LogP contribution in [-0.4, -0.2) is 34.7 Å². The first-order valence-corrected chi connectivity index (χ1v) is 7.38. The largest absolute Gasteiger partial charge is 0.314 e. The Morgan fingerprint density at radius 3 is 2.80 bits per heavy atom. The Morgan fingerprint density at radius 2 is 2.10 bits per heavy atom. The van der Waals surface area contributed by atoms with Crippen LogP contribution in [0.2, 0.25) is 0 Å². The number of H-pyrrole nitrogens is 1. The van der Waals surface area contributed by atoms with Crippen LogP contribution in [0, 0.1) is 0 Å². The summed E-state index contributed by atoms with van der Waals surface area (Å²) in [4.78, 5) is 2.52. The molecule has 2 N–H and O–H groups in total. The summed E-state index contributed by atoms with van der Waals surface area (Å²) in [6.07, 6.45) is 2.92. The molecule has 1 aromatic carbocycles. The predicted octanol–water partition coefficient (Wildman–Crippen LogP) is 2.12. The number of rotatable bonds is 4. The van der Waals surface area contributed by atoms with E-state index in [2.05, 4.69) is 57.7 Å². The SMILES string of the molecule is CCc1ccc(C2CNCCN2Cc2ccn[nH]2)cc1. The molecule has 4 nitrogen and oxygen atoms in total. The second-order valence-electron chi connectivity index (χ2n) is 5.37. The third-order valence-electron chi connectivity index (χ3n) is 4.06. The number of hydrogen-bond acceptors (Lipinski definition) is 3. The zero-order valence-electron chi connectivity index (χ0n) is 12.0. The summed E-state index contributed by atoms with van der Waals surface area (Å²) in [6.45, 7) is 6.26. The van der Waals surface area contributed by atoms with Gasteiger partial charge < -0.3 is 5.32 Å². The summed E-state index contributed by atoms with van der Waals surface area (Å²) in [5.41, 5.74) is 3.98. The molecule has 0 bridgehead atoms. The van der Waals surface area contributed by atoms with E-state index < -0.39 is 0 Å². The minimum absolute atomic E-state index is 0.443. The van der Waals surface area contributed by atoms with Gasteiger partial charge in [0.15, 0.2) is 0 Å². The summed E-state index contributed by atoms with van der Waals surface area (Å²) in [5.74, 6) is 0. The van der Waals surface area contributed by atoms with Gasteiger partial charge in [-0.1, -0.05) is 31.2 Å². The van der Waals surface area contributed by atoms with Crippen molar-refractivity contribution in [2.24, 2.45) is 0 Å². The van der Waals surface area contributed by atoms with Crippen molar-refractivity contribution in [2.45, 2.75) is 25.9 Å². The normalized spacial score (nSPS) is 20.1. The molecule has 1 aliphatic rings. The molecule has 20 heavy (non-hydrogen) atoms. The van der Waals surface area contributed by atoms with Gasteiger partial charge in [0.2, 0.25) is 0 Å². The van der Waals surface area contributed by atoms with Crippen LogP contribution in [0.3, 0.4) is 0 Å². The quantitative estimate of drug-likeness (QED) is 0.894. The Hall–Kier alpha value is -1.65. The molecule has 1 saturated heterocycles. The Balaban J connectivity index is 1.77. The predicted molar refractivity (Wildman–Crippen MR) is 80.4 cm³/mol. The maximum absolute atomic E-state index is 4.04. The van der Waals surface area contributed by atoms with Crippen molar-refractivity contribution in [1.82, 2.24) is 20.4 Å². The Kier molecular flexibility index (Phi) is 4.14. The fourth-order valence-electron chi connectivity index (χ4n) is 2.83. The molecule has 1 fully saturated rings. The first kappa shape index (κ1) is 13.3.